The van der Waals surface area contributed by atoms with Gasteiger partial charge >= 0.3 is 0 Å². The van der Waals surface area contributed by atoms with Crippen LogP contribution in [0.2, 0.25) is 0 Å². The van der Waals surface area contributed by atoms with Crippen LogP contribution in [0.15, 0.2) is 0 Å². The van der Waals surface area contributed by atoms with E-state index in [0.717, 1.165) is 0 Å². The third-order valence-corrected chi connectivity index (χ3v) is 2.31. The monoisotopic (exact) mass is 228 g/mol. The molecular weight excluding hydrogens is 204 g/mol. The Labute approximate surface area is 98.1 Å². The van der Waals surface area contributed by atoms with Crippen LogP contribution in [-0.4, -0.2) is 17.2 Å². The molecule has 0 heterocycles. The second-order valence-electron chi connectivity index (χ2n) is 5.45. The lowest BCUT2D eigenvalue weighted by molar-refractivity contribution is -0.127. The van der Waals surface area contributed by atoms with Crippen LogP contribution in [0.3, 0.4) is 0 Å². The molecule has 1 amide bonds. The summed E-state index contributed by atoms with van der Waals surface area (Å²) in [6, 6.07) is 0. The van der Waals surface area contributed by atoms with Gasteiger partial charge in [0, 0.05) is 23.8 Å². The van der Waals surface area contributed by atoms with Gasteiger partial charge in [-0.3, -0.25) is 15.0 Å². The maximum Gasteiger partial charge on any atom is 0.236 e. The van der Waals surface area contributed by atoms with Gasteiger partial charge in [0.1, 0.15) is 5.78 Å². The molecular formula is C12H24N2O2. The molecule has 0 rings (SSSR count). The first-order valence-corrected chi connectivity index (χ1v) is 5.75. The number of amides is 1. The van der Waals surface area contributed by atoms with Crippen molar-refractivity contribution < 1.29 is 9.59 Å². The Bertz CT molecular complexity index is 258. The Morgan fingerprint density at radius 3 is 1.94 bits per heavy atom. The highest BCUT2D eigenvalue weighted by Crippen LogP contribution is 2.11. The Hall–Kier alpha value is -0.900. The summed E-state index contributed by atoms with van der Waals surface area (Å²) in [4.78, 5) is 22.9. The highest BCUT2D eigenvalue weighted by molar-refractivity contribution is 5.81. The molecule has 0 aliphatic heterocycles. The third kappa shape index (κ3) is 5.85. The van der Waals surface area contributed by atoms with Crippen LogP contribution in [0.4, 0.5) is 0 Å². The van der Waals surface area contributed by atoms with E-state index in [1.54, 1.807) is 0 Å². The van der Waals surface area contributed by atoms with Crippen molar-refractivity contribution in [1.82, 2.24) is 10.9 Å². The molecule has 4 heteroatoms. The molecule has 0 aliphatic rings. The van der Waals surface area contributed by atoms with E-state index in [2.05, 4.69) is 10.9 Å². The van der Waals surface area contributed by atoms with E-state index < -0.39 is 5.54 Å². The molecule has 0 atom stereocenters. The van der Waals surface area contributed by atoms with Gasteiger partial charge in [-0.2, -0.15) is 0 Å². The average molecular weight is 228 g/mol. The fraction of sp³-hybridized carbons (Fsp3) is 0.833. The van der Waals surface area contributed by atoms with E-state index in [1.165, 1.54) is 0 Å². The number of carbonyl (C=O) groups excluding carboxylic acids is 2. The zero-order chi connectivity index (χ0) is 12.9. The Morgan fingerprint density at radius 2 is 1.56 bits per heavy atom. The number of carbonyl (C=O) groups is 2. The summed E-state index contributed by atoms with van der Waals surface area (Å²) in [5.41, 5.74) is 5.12. The van der Waals surface area contributed by atoms with Gasteiger partial charge < -0.3 is 0 Å². The lowest BCUT2D eigenvalue weighted by atomic mass is 9.93. The maximum atomic E-state index is 11.6. The van der Waals surface area contributed by atoms with E-state index in [4.69, 9.17) is 0 Å². The first kappa shape index (κ1) is 15.1. The molecule has 0 saturated heterocycles. The summed E-state index contributed by atoms with van der Waals surface area (Å²) < 4.78 is 0. The summed E-state index contributed by atoms with van der Waals surface area (Å²) in [7, 11) is 0. The predicted molar refractivity (Wildman–Crippen MR) is 64.7 cm³/mol. The molecule has 0 saturated carbocycles. The highest BCUT2D eigenvalue weighted by Gasteiger charge is 2.23. The minimum atomic E-state index is -0.411. The van der Waals surface area contributed by atoms with Gasteiger partial charge in [0.05, 0.1) is 0 Å². The van der Waals surface area contributed by atoms with E-state index >= 15 is 0 Å². The second-order valence-corrected chi connectivity index (χ2v) is 5.45. The van der Waals surface area contributed by atoms with Crippen LogP contribution < -0.4 is 10.9 Å². The van der Waals surface area contributed by atoms with Gasteiger partial charge in [0.2, 0.25) is 5.91 Å². The van der Waals surface area contributed by atoms with Crippen molar-refractivity contribution in [2.24, 2.45) is 11.8 Å². The largest absolute Gasteiger partial charge is 0.299 e. The molecule has 0 unspecified atom stereocenters. The number of hydrogen-bond acceptors (Lipinski definition) is 3. The minimum Gasteiger partial charge on any atom is -0.299 e. The molecule has 0 aromatic carbocycles. The van der Waals surface area contributed by atoms with Gasteiger partial charge in [-0.25, -0.2) is 5.43 Å². The summed E-state index contributed by atoms with van der Waals surface area (Å²) >= 11 is 0. The van der Waals surface area contributed by atoms with Crippen LogP contribution in [0.25, 0.3) is 0 Å². The Balaban J connectivity index is 4.15. The van der Waals surface area contributed by atoms with E-state index in [9.17, 15) is 9.59 Å². The standard InChI is InChI=1S/C12H24N2O2/c1-8(2)10(15)7-12(5,6)14-13-11(16)9(3)4/h8-9,14H,7H2,1-6H3,(H,13,16). The van der Waals surface area contributed by atoms with Crippen molar-refractivity contribution in [2.75, 3.05) is 0 Å². The summed E-state index contributed by atoms with van der Waals surface area (Å²) in [6.45, 7) is 11.2. The quantitative estimate of drug-likeness (QED) is 0.680. The van der Waals surface area contributed by atoms with Crippen LogP contribution in [0.1, 0.15) is 48.0 Å². The molecule has 94 valence electrons. The first-order valence-electron chi connectivity index (χ1n) is 5.75. The minimum absolute atomic E-state index is 0.0295. The highest BCUT2D eigenvalue weighted by atomic mass is 16.2. The van der Waals surface area contributed by atoms with E-state index in [0.29, 0.717) is 6.42 Å². The fourth-order valence-corrected chi connectivity index (χ4v) is 1.06. The smallest absolute Gasteiger partial charge is 0.236 e. The number of Topliss-reactive ketones (excluding diaryl/α,β-unsaturated/α-hetero) is 1. The fourth-order valence-electron chi connectivity index (χ4n) is 1.06. The summed E-state index contributed by atoms with van der Waals surface area (Å²) in [6.07, 6.45) is 0.406. The van der Waals surface area contributed by atoms with Crippen LogP contribution in [0, 0.1) is 11.8 Å². The van der Waals surface area contributed by atoms with Crippen LogP contribution in [0.5, 0.6) is 0 Å². The Morgan fingerprint density at radius 1 is 1.06 bits per heavy atom. The molecule has 0 aromatic rings. The van der Waals surface area contributed by atoms with Gasteiger partial charge in [-0.05, 0) is 13.8 Å². The topological polar surface area (TPSA) is 58.2 Å². The second kappa shape index (κ2) is 5.99. The Kier molecular flexibility index (Phi) is 5.65. The summed E-state index contributed by atoms with van der Waals surface area (Å²) in [5.74, 6) is 0.0901. The van der Waals surface area contributed by atoms with E-state index in [-0.39, 0.29) is 23.5 Å². The van der Waals surface area contributed by atoms with Crippen molar-refractivity contribution in [3.8, 4) is 0 Å². The number of hydrogen-bond donors (Lipinski definition) is 2. The van der Waals surface area contributed by atoms with Crippen molar-refractivity contribution >= 4 is 11.7 Å². The molecule has 0 aliphatic carbocycles. The number of ketones is 1. The van der Waals surface area contributed by atoms with Gasteiger partial charge in [-0.15, -0.1) is 0 Å². The van der Waals surface area contributed by atoms with Crippen LogP contribution in [-0.2, 0) is 9.59 Å². The SMILES string of the molecule is CC(C)C(=O)CC(C)(C)NNC(=O)C(C)C. The average Bonchev–Trinajstić information content (AvgIpc) is 2.13. The lowest BCUT2D eigenvalue weighted by Gasteiger charge is -2.27. The van der Waals surface area contributed by atoms with E-state index in [1.807, 2.05) is 41.5 Å². The molecule has 0 spiro atoms. The number of hydrazine groups is 1. The molecule has 0 aromatic heterocycles. The maximum absolute atomic E-state index is 11.6. The molecule has 2 N–H and O–H groups in total. The lowest BCUT2D eigenvalue weighted by Crippen LogP contribution is -2.52. The van der Waals surface area contributed by atoms with Crippen molar-refractivity contribution in [3.63, 3.8) is 0 Å². The zero-order valence-corrected chi connectivity index (χ0v) is 11.2. The molecule has 0 fully saturated rings. The number of rotatable bonds is 6. The molecule has 4 nitrogen and oxygen atoms in total. The van der Waals surface area contributed by atoms with Crippen molar-refractivity contribution in [1.29, 1.82) is 0 Å². The van der Waals surface area contributed by atoms with Gasteiger partial charge in [-0.1, -0.05) is 27.7 Å². The normalized spacial score (nSPS) is 12.0. The van der Waals surface area contributed by atoms with Crippen LogP contribution >= 0.6 is 0 Å². The third-order valence-electron chi connectivity index (χ3n) is 2.31. The molecule has 0 bridgehead atoms. The zero-order valence-electron chi connectivity index (χ0n) is 11.2. The molecule has 0 radical (unpaired) electrons. The van der Waals surface area contributed by atoms with Crippen molar-refractivity contribution in [3.05, 3.63) is 0 Å². The van der Waals surface area contributed by atoms with Crippen molar-refractivity contribution in [2.45, 2.75) is 53.5 Å². The van der Waals surface area contributed by atoms with Gasteiger partial charge in [0.15, 0.2) is 0 Å². The first-order chi connectivity index (χ1) is 7.15. The van der Waals surface area contributed by atoms with Gasteiger partial charge in [0.25, 0.3) is 0 Å². The number of nitrogens with one attached hydrogen (secondary N) is 2. The predicted octanol–water partition coefficient (Wildman–Crippen LogP) is 1.66. The summed E-state index contributed by atoms with van der Waals surface area (Å²) in [5, 5.41) is 0. The molecule has 16 heavy (non-hydrogen) atoms.